The molecule has 0 spiro atoms. The first-order valence-corrected chi connectivity index (χ1v) is 8.72. The van der Waals surface area contributed by atoms with Crippen molar-refractivity contribution in [2.24, 2.45) is 5.92 Å². The lowest BCUT2D eigenvalue weighted by Crippen LogP contribution is -2.37. The molecule has 1 aromatic carbocycles. The second kappa shape index (κ2) is 7.53. The molecule has 1 amide bonds. The Morgan fingerprint density at radius 1 is 1.15 bits per heavy atom. The lowest BCUT2D eigenvalue weighted by atomic mass is 9.96. The summed E-state index contributed by atoms with van der Waals surface area (Å²) in [5.41, 5.74) is 0.844. The van der Waals surface area contributed by atoms with E-state index in [9.17, 15) is 4.79 Å². The van der Waals surface area contributed by atoms with E-state index in [0.717, 1.165) is 31.6 Å². The Labute approximate surface area is 151 Å². The summed E-state index contributed by atoms with van der Waals surface area (Å²) < 4.78 is 10.6. The van der Waals surface area contributed by atoms with Crippen molar-refractivity contribution in [1.29, 1.82) is 0 Å². The maximum atomic E-state index is 12.4. The molecule has 3 heterocycles. The molecule has 1 aliphatic heterocycles. The van der Waals surface area contributed by atoms with Crippen LogP contribution in [-0.2, 0) is 11.3 Å². The maximum Gasteiger partial charge on any atom is 0.241 e. The average molecular weight is 352 g/mol. The van der Waals surface area contributed by atoms with Crippen molar-refractivity contribution in [3.63, 3.8) is 0 Å². The molecule has 0 saturated carbocycles. The topological polar surface area (TPSA) is 84.4 Å². The third-order valence-electron chi connectivity index (χ3n) is 4.57. The molecule has 7 nitrogen and oxygen atoms in total. The van der Waals surface area contributed by atoms with Crippen molar-refractivity contribution < 1.29 is 13.7 Å². The van der Waals surface area contributed by atoms with Gasteiger partial charge in [0.2, 0.25) is 17.6 Å². The third-order valence-corrected chi connectivity index (χ3v) is 4.57. The van der Waals surface area contributed by atoms with Crippen LogP contribution in [0.25, 0.3) is 11.6 Å². The second-order valence-corrected chi connectivity index (χ2v) is 6.39. The Kier molecular flexibility index (Phi) is 4.79. The lowest BCUT2D eigenvalue weighted by molar-refractivity contribution is -0.121. The summed E-state index contributed by atoms with van der Waals surface area (Å²) in [5.74, 6) is 1.74. The molecule has 134 valence electrons. The molecule has 0 bridgehead atoms. The van der Waals surface area contributed by atoms with Gasteiger partial charge in [-0.15, -0.1) is 0 Å². The highest BCUT2D eigenvalue weighted by atomic mass is 16.5. The summed E-state index contributed by atoms with van der Waals surface area (Å²) in [5, 5.41) is 6.93. The van der Waals surface area contributed by atoms with E-state index in [4.69, 9.17) is 8.94 Å². The smallest absolute Gasteiger partial charge is 0.241 e. The van der Waals surface area contributed by atoms with Crippen LogP contribution in [0.3, 0.4) is 0 Å². The minimum absolute atomic E-state index is 0.0350. The Balaban J connectivity index is 1.28. The number of carbonyl (C=O) groups excluding carboxylic acids is 1. The molecule has 1 aliphatic rings. The van der Waals surface area contributed by atoms with Crippen molar-refractivity contribution >= 4 is 11.6 Å². The number of rotatable bonds is 5. The van der Waals surface area contributed by atoms with E-state index in [1.807, 2.05) is 30.3 Å². The van der Waals surface area contributed by atoms with Gasteiger partial charge >= 0.3 is 0 Å². The van der Waals surface area contributed by atoms with E-state index in [2.05, 4.69) is 20.4 Å². The van der Waals surface area contributed by atoms with Crippen LogP contribution < -0.4 is 5.32 Å². The van der Waals surface area contributed by atoms with Gasteiger partial charge in [0.25, 0.3) is 0 Å². The highest BCUT2D eigenvalue weighted by Crippen LogP contribution is 2.22. The molecule has 0 unspecified atom stereocenters. The molecule has 1 fully saturated rings. The first kappa shape index (κ1) is 16.5. The predicted molar refractivity (Wildman–Crippen MR) is 95.1 cm³/mol. The molecular formula is C19H20N4O3. The van der Waals surface area contributed by atoms with E-state index in [1.165, 1.54) is 0 Å². The molecule has 4 rings (SSSR count). The number of para-hydroxylation sites is 1. The van der Waals surface area contributed by atoms with Gasteiger partial charge in [0.1, 0.15) is 0 Å². The fourth-order valence-corrected chi connectivity index (χ4v) is 3.14. The fraction of sp³-hybridized carbons (Fsp3) is 0.316. The summed E-state index contributed by atoms with van der Waals surface area (Å²) in [6, 6.07) is 13.2. The van der Waals surface area contributed by atoms with Gasteiger partial charge in [0.15, 0.2) is 5.76 Å². The van der Waals surface area contributed by atoms with Crippen molar-refractivity contribution in [2.75, 3.05) is 18.4 Å². The van der Waals surface area contributed by atoms with Crippen LogP contribution in [-0.4, -0.2) is 34.0 Å². The number of hydrogen-bond acceptors (Lipinski definition) is 6. The summed E-state index contributed by atoms with van der Waals surface area (Å²) in [7, 11) is 0. The normalized spacial score (nSPS) is 15.8. The molecule has 7 heteroatoms. The number of furan rings is 1. The van der Waals surface area contributed by atoms with E-state index in [0.29, 0.717) is 24.0 Å². The van der Waals surface area contributed by atoms with Gasteiger partial charge in [0, 0.05) is 11.6 Å². The average Bonchev–Trinajstić information content (AvgIpc) is 3.35. The molecule has 1 saturated heterocycles. The molecule has 0 radical (unpaired) electrons. The number of aromatic nitrogens is 2. The molecule has 3 aromatic rings. The molecule has 0 atom stereocenters. The third kappa shape index (κ3) is 3.83. The minimum Gasteiger partial charge on any atom is -0.461 e. The van der Waals surface area contributed by atoms with E-state index >= 15 is 0 Å². The zero-order valence-electron chi connectivity index (χ0n) is 14.3. The van der Waals surface area contributed by atoms with Gasteiger partial charge in [-0.1, -0.05) is 23.4 Å². The highest BCUT2D eigenvalue weighted by Gasteiger charge is 2.26. The van der Waals surface area contributed by atoms with Gasteiger partial charge in [-0.25, -0.2) is 0 Å². The summed E-state index contributed by atoms with van der Waals surface area (Å²) in [6.07, 6.45) is 3.21. The van der Waals surface area contributed by atoms with Gasteiger partial charge < -0.3 is 14.3 Å². The van der Waals surface area contributed by atoms with Crippen LogP contribution in [0.5, 0.6) is 0 Å². The zero-order chi connectivity index (χ0) is 17.8. The van der Waals surface area contributed by atoms with Crippen molar-refractivity contribution in [2.45, 2.75) is 19.4 Å². The summed E-state index contributed by atoms with van der Waals surface area (Å²) in [4.78, 5) is 19.0. The van der Waals surface area contributed by atoms with Gasteiger partial charge in [0.05, 0.1) is 12.8 Å². The number of amides is 1. The molecule has 0 aliphatic carbocycles. The Morgan fingerprint density at radius 2 is 1.96 bits per heavy atom. The minimum atomic E-state index is 0.0350. The number of carbonyl (C=O) groups is 1. The van der Waals surface area contributed by atoms with E-state index < -0.39 is 0 Å². The number of benzene rings is 1. The Bertz CT molecular complexity index is 837. The lowest BCUT2D eigenvalue weighted by Gasteiger charge is -2.30. The van der Waals surface area contributed by atoms with Gasteiger partial charge in [-0.05, 0) is 50.2 Å². The quantitative estimate of drug-likeness (QED) is 0.759. The van der Waals surface area contributed by atoms with Crippen LogP contribution in [0.2, 0.25) is 0 Å². The molecular weight excluding hydrogens is 332 g/mol. The largest absolute Gasteiger partial charge is 0.461 e. The standard InChI is InChI=1S/C19H20N4O3/c24-19(20-15-5-2-1-3-6-15)14-8-10-23(11-9-14)13-17-21-18(22-26-17)16-7-4-12-25-16/h1-7,12,14H,8-11,13H2,(H,20,24). The van der Waals surface area contributed by atoms with Crippen LogP contribution in [0.15, 0.2) is 57.7 Å². The van der Waals surface area contributed by atoms with Crippen LogP contribution in [0.4, 0.5) is 5.69 Å². The zero-order valence-corrected chi connectivity index (χ0v) is 14.3. The van der Waals surface area contributed by atoms with Gasteiger partial charge in [-0.2, -0.15) is 4.98 Å². The number of hydrogen-bond donors (Lipinski definition) is 1. The molecule has 26 heavy (non-hydrogen) atoms. The summed E-state index contributed by atoms with van der Waals surface area (Å²) >= 11 is 0. The van der Waals surface area contributed by atoms with Crippen molar-refractivity contribution in [3.05, 3.63) is 54.6 Å². The second-order valence-electron chi connectivity index (χ2n) is 6.39. The number of likely N-dealkylation sites (tertiary alicyclic amines) is 1. The Hall–Kier alpha value is -2.93. The van der Waals surface area contributed by atoms with Crippen molar-refractivity contribution in [1.82, 2.24) is 15.0 Å². The first-order valence-electron chi connectivity index (χ1n) is 8.72. The summed E-state index contributed by atoms with van der Waals surface area (Å²) in [6.45, 7) is 2.23. The molecule has 2 aromatic heterocycles. The van der Waals surface area contributed by atoms with Crippen LogP contribution in [0, 0.1) is 5.92 Å². The van der Waals surface area contributed by atoms with Gasteiger partial charge in [-0.3, -0.25) is 9.69 Å². The molecule has 1 N–H and O–H groups in total. The number of nitrogens with zero attached hydrogens (tertiary/aromatic N) is 3. The van der Waals surface area contributed by atoms with Crippen LogP contribution in [0.1, 0.15) is 18.7 Å². The fourth-order valence-electron chi connectivity index (χ4n) is 3.14. The van der Waals surface area contributed by atoms with E-state index in [-0.39, 0.29) is 11.8 Å². The number of nitrogens with one attached hydrogen (secondary N) is 1. The number of anilines is 1. The first-order chi connectivity index (χ1) is 12.8. The monoisotopic (exact) mass is 352 g/mol. The van der Waals surface area contributed by atoms with Crippen molar-refractivity contribution in [3.8, 4) is 11.6 Å². The highest BCUT2D eigenvalue weighted by molar-refractivity contribution is 5.92. The SMILES string of the molecule is O=C(Nc1ccccc1)C1CCN(Cc2nc(-c3ccco3)no2)CC1. The number of piperidine rings is 1. The maximum absolute atomic E-state index is 12.4. The van der Waals surface area contributed by atoms with Crippen LogP contribution >= 0.6 is 0 Å². The van der Waals surface area contributed by atoms with E-state index in [1.54, 1.807) is 18.4 Å². The Morgan fingerprint density at radius 3 is 2.69 bits per heavy atom. The predicted octanol–water partition coefficient (Wildman–Crippen LogP) is 3.18.